The Bertz CT molecular complexity index is 823. The summed E-state index contributed by atoms with van der Waals surface area (Å²) in [6, 6.07) is 14.2. The SMILES string of the molecule is CC(c1ccc(F)cc1)N(C)CC(=O)c1c[nH]c2ccccc12. The molecule has 0 fully saturated rings. The average Bonchev–Trinajstić information content (AvgIpc) is 2.99. The molecule has 0 saturated carbocycles. The van der Waals surface area contributed by atoms with Gasteiger partial charge in [0.1, 0.15) is 5.82 Å². The predicted octanol–water partition coefficient (Wildman–Crippen LogP) is 4.18. The van der Waals surface area contributed by atoms with E-state index in [9.17, 15) is 9.18 Å². The Morgan fingerprint density at radius 2 is 1.87 bits per heavy atom. The molecule has 1 heterocycles. The van der Waals surface area contributed by atoms with E-state index in [1.807, 2.05) is 43.1 Å². The van der Waals surface area contributed by atoms with Gasteiger partial charge in [-0.1, -0.05) is 30.3 Å². The molecule has 2 aromatic carbocycles. The van der Waals surface area contributed by atoms with E-state index in [-0.39, 0.29) is 17.6 Å². The van der Waals surface area contributed by atoms with Crippen LogP contribution in [0.3, 0.4) is 0 Å². The van der Waals surface area contributed by atoms with Crippen molar-refractivity contribution in [2.45, 2.75) is 13.0 Å². The van der Waals surface area contributed by atoms with E-state index in [1.54, 1.807) is 18.3 Å². The number of para-hydroxylation sites is 1. The summed E-state index contributed by atoms with van der Waals surface area (Å²) in [6.45, 7) is 2.32. The maximum Gasteiger partial charge on any atom is 0.178 e. The fourth-order valence-electron chi connectivity index (χ4n) is 2.75. The van der Waals surface area contributed by atoms with Crippen molar-refractivity contribution in [3.8, 4) is 0 Å². The van der Waals surface area contributed by atoms with E-state index in [2.05, 4.69) is 4.98 Å². The molecule has 0 aliphatic heterocycles. The van der Waals surface area contributed by atoms with Crippen molar-refractivity contribution in [3.63, 3.8) is 0 Å². The number of fused-ring (bicyclic) bond motifs is 1. The minimum Gasteiger partial charge on any atom is -0.360 e. The normalized spacial score (nSPS) is 12.7. The highest BCUT2D eigenvalue weighted by molar-refractivity contribution is 6.08. The molecule has 1 unspecified atom stereocenters. The van der Waals surface area contributed by atoms with Crippen molar-refractivity contribution in [2.75, 3.05) is 13.6 Å². The Labute approximate surface area is 134 Å². The lowest BCUT2D eigenvalue weighted by Gasteiger charge is -2.24. The summed E-state index contributed by atoms with van der Waals surface area (Å²) in [5.41, 5.74) is 2.66. The molecule has 118 valence electrons. The van der Waals surface area contributed by atoms with Gasteiger partial charge in [-0.15, -0.1) is 0 Å². The molecule has 3 nitrogen and oxygen atoms in total. The number of halogens is 1. The number of rotatable bonds is 5. The molecule has 23 heavy (non-hydrogen) atoms. The number of Topliss-reactive ketones (excluding diaryl/α,β-unsaturated/α-hetero) is 1. The molecule has 4 heteroatoms. The number of nitrogens with one attached hydrogen (secondary N) is 1. The first kappa shape index (κ1) is 15.4. The number of hydrogen-bond donors (Lipinski definition) is 1. The molecule has 0 saturated heterocycles. The zero-order valence-electron chi connectivity index (χ0n) is 13.2. The minimum atomic E-state index is -0.251. The molecule has 0 aliphatic carbocycles. The van der Waals surface area contributed by atoms with E-state index in [0.29, 0.717) is 12.1 Å². The molecule has 1 atom stereocenters. The number of ketones is 1. The second-order valence-electron chi connectivity index (χ2n) is 5.81. The standard InChI is InChI=1S/C19H19FN2O/c1-13(14-7-9-15(20)10-8-14)22(2)12-19(23)17-11-21-18-6-4-3-5-16(17)18/h3-11,13,21H,12H2,1-2H3. The van der Waals surface area contributed by atoms with Gasteiger partial charge >= 0.3 is 0 Å². The maximum atomic E-state index is 13.0. The van der Waals surface area contributed by atoms with Crippen molar-refractivity contribution in [3.05, 3.63) is 71.7 Å². The summed E-state index contributed by atoms with van der Waals surface area (Å²) in [5.74, 6) is -0.183. The van der Waals surface area contributed by atoms with Crippen molar-refractivity contribution >= 4 is 16.7 Å². The summed E-state index contributed by atoms with van der Waals surface area (Å²) in [7, 11) is 1.90. The molecule has 1 N–H and O–H groups in total. The molecule has 0 amide bonds. The molecule has 0 radical (unpaired) electrons. The highest BCUT2D eigenvalue weighted by Crippen LogP contribution is 2.22. The third kappa shape index (κ3) is 3.17. The number of H-pyrrole nitrogens is 1. The van der Waals surface area contributed by atoms with Crippen molar-refractivity contribution < 1.29 is 9.18 Å². The molecular weight excluding hydrogens is 291 g/mol. The van der Waals surface area contributed by atoms with Crippen LogP contribution >= 0.6 is 0 Å². The highest BCUT2D eigenvalue weighted by Gasteiger charge is 2.18. The summed E-state index contributed by atoms with van der Waals surface area (Å²) >= 11 is 0. The van der Waals surface area contributed by atoms with Crippen molar-refractivity contribution in [1.29, 1.82) is 0 Å². The van der Waals surface area contributed by atoms with Gasteiger partial charge in [0.15, 0.2) is 5.78 Å². The number of aromatic nitrogens is 1. The van der Waals surface area contributed by atoms with Gasteiger partial charge in [-0.05, 0) is 37.7 Å². The lowest BCUT2D eigenvalue weighted by atomic mass is 10.1. The zero-order valence-corrected chi connectivity index (χ0v) is 13.2. The van der Waals surface area contributed by atoms with Gasteiger partial charge in [-0.25, -0.2) is 4.39 Å². The van der Waals surface area contributed by atoms with Gasteiger partial charge in [0.2, 0.25) is 0 Å². The Hall–Kier alpha value is -2.46. The molecule has 0 bridgehead atoms. The van der Waals surface area contributed by atoms with Crippen LogP contribution in [0.2, 0.25) is 0 Å². The van der Waals surface area contributed by atoms with E-state index >= 15 is 0 Å². The summed E-state index contributed by atoms with van der Waals surface area (Å²) in [5, 5.41) is 0.945. The number of nitrogens with zero attached hydrogens (tertiary/aromatic N) is 1. The number of carbonyl (C=O) groups excluding carboxylic acids is 1. The second-order valence-corrected chi connectivity index (χ2v) is 5.81. The molecule has 0 spiro atoms. The van der Waals surface area contributed by atoms with Crippen LogP contribution in [0.5, 0.6) is 0 Å². The van der Waals surface area contributed by atoms with Crippen LogP contribution in [-0.2, 0) is 0 Å². The number of aromatic amines is 1. The molecular formula is C19H19FN2O. The maximum absolute atomic E-state index is 13.0. The lowest BCUT2D eigenvalue weighted by Crippen LogP contribution is -2.28. The van der Waals surface area contributed by atoms with Gasteiger partial charge in [-0.3, -0.25) is 9.69 Å². The Morgan fingerprint density at radius 1 is 1.17 bits per heavy atom. The number of hydrogen-bond acceptors (Lipinski definition) is 2. The van der Waals surface area contributed by atoms with E-state index in [1.165, 1.54) is 12.1 Å². The van der Waals surface area contributed by atoms with Gasteiger partial charge in [0.05, 0.1) is 6.54 Å². The van der Waals surface area contributed by atoms with Crippen LogP contribution in [0.25, 0.3) is 10.9 Å². The van der Waals surface area contributed by atoms with Crippen LogP contribution in [-0.4, -0.2) is 29.3 Å². The minimum absolute atomic E-state index is 0.0322. The predicted molar refractivity (Wildman–Crippen MR) is 90.1 cm³/mol. The largest absolute Gasteiger partial charge is 0.360 e. The Balaban J connectivity index is 1.75. The lowest BCUT2D eigenvalue weighted by molar-refractivity contribution is 0.0926. The van der Waals surface area contributed by atoms with Gasteiger partial charge in [0.25, 0.3) is 0 Å². The fraction of sp³-hybridized carbons (Fsp3) is 0.211. The highest BCUT2D eigenvalue weighted by atomic mass is 19.1. The molecule has 0 aliphatic rings. The third-order valence-corrected chi connectivity index (χ3v) is 4.30. The number of likely N-dealkylation sites (N-methyl/N-ethyl adjacent to an activating group) is 1. The van der Waals surface area contributed by atoms with E-state index in [0.717, 1.165) is 16.5 Å². The monoisotopic (exact) mass is 310 g/mol. The smallest absolute Gasteiger partial charge is 0.178 e. The first-order valence-electron chi connectivity index (χ1n) is 7.61. The summed E-state index contributed by atoms with van der Waals surface area (Å²) in [4.78, 5) is 17.7. The summed E-state index contributed by atoms with van der Waals surface area (Å²) < 4.78 is 13.0. The number of carbonyl (C=O) groups is 1. The van der Waals surface area contributed by atoms with E-state index in [4.69, 9.17) is 0 Å². The third-order valence-electron chi connectivity index (χ3n) is 4.30. The first-order valence-corrected chi connectivity index (χ1v) is 7.61. The molecule has 3 rings (SSSR count). The van der Waals surface area contributed by atoms with Crippen LogP contribution < -0.4 is 0 Å². The number of benzene rings is 2. The Kier molecular flexibility index (Phi) is 4.26. The van der Waals surface area contributed by atoms with Gasteiger partial charge in [-0.2, -0.15) is 0 Å². The van der Waals surface area contributed by atoms with E-state index < -0.39 is 0 Å². The summed E-state index contributed by atoms with van der Waals surface area (Å²) in [6.07, 6.45) is 1.77. The first-order chi connectivity index (χ1) is 11.1. The Morgan fingerprint density at radius 3 is 2.61 bits per heavy atom. The van der Waals surface area contributed by atoms with Crippen LogP contribution in [0.1, 0.15) is 28.9 Å². The average molecular weight is 310 g/mol. The quantitative estimate of drug-likeness (QED) is 0.718. The second kappa shape index (κ2) is 6.34. The topological polar surface area (TPSA) is 36.1 Å². The molecule has 3 aromatic rings. The molecule has 1 aromatic heterocycles. The fourth-order valence-corrected chi connectivity index (χ4v) is 2.75. The van der Waals surface area contributed by atoms with Crippen molar-refractivity contribution in [1.82, 2.24) is 9.88 Å². The van der Waals surface area contributed by atoms with Crippen LogP contribution in [0.15, 0.2) is 54.7 Å². The zero-order chi connectivity index (χ0) is 16.4. The van der Waals surface area contributed by atoms with Crippen LogP contribution in [0, 0.1) is 5.82 Å². The van der Waals surface area contributed by atoms with Gasteiger partial charge in [0, 0.05) is 28.7 Å². The van der Waals surface area contributed by atoms with Crippen LogP contribution in [0.4, 0.5) is 4.39 Å². The van der Waals surface area contributed by atoms with Gasteiger partial charge < -0.3 is 4.98 Å². The van der Waals surface area contributed by atoms with Crippen molar-refractivity contribution in [2.24, 2.45) is 0 Å².